The molecule has 0 aliphatic carbocycles. The van der Waals surface area contributed by atoms with Gasteiger partial charge in [-0.15, -0.1) is 0 Å². The van der Waals surface area contributed by atoms with E-state index in [-0.39, 0.29) is 28.8 Å². The molecule has 0 saturated carbocycles. The molecule has 0 heterocycles. The van der Waals surface area contributed by atoms with Crippen molar-refractivity contribution in [2.75, 3.05) is 5.32 Å². The van der Waals surface area contributed by atoms with Crippen LogP contribution >= 0.6 is 0 Å². The van der Waals surface area contributed by atoms with Crippen LogP contribution in [0.5, 0.6) is 0 Å². The van der Waals surface area contributed by atoms with Gasteiger partial charge in [0, 0.05) is 12.0 Å². The number of carbonyl (C=O) groups excluding carboxylic acids is 1. The molecule has 2 rings (SSSR count). The minimum Gasteiger partial charge on any atom is -0.393 e. The average molecular weight is 377 g/mol. The number of hydrogen-bond donors (Lipinski definition) is 3. The summed E-state index contributed by atoms with van der Waals surface area (Å²) in [6.07, 6.45) is -4.92. The number of hydrogen-bond acceptors (Lipinski definition) is 3. The van der Waals surface area contributed by atoms with E-state index in [0.717, 1.165) is 12.1 Å². The van der Waals surface area contributed by atoms with E-state index in [2.05, 4.69) is 5.32 Å². The predicted molar refractivity (Wildman–Crippen MR) is 94.8 cm³/mol. The highest BCUT2D eigenvalue weighted by atomic mass is 19.4. The van der Waals surface area contributed by atoms with Gasteiger partial charge in [-0.25, -0.2) is 4.79 Å². The summed E-state index contributed by atoms with van der Waals surface area (Å²) in [4.78, 5) is 11.3. The molecule has 0 saturated heterocycles. The smallest absolute Gasteiger partial charge is 0.393 e. The minimum atomic E-state index is -4.55. The number of nitriles is 1. The number of primary amides is 1. The van der Waals surface area contributed by atoms with E-state index in [9.17, 15) is 28.3 Å². The van der Waals surface area contributed by atoms with Crippen LogP contribution in [0, 0.1) is 11.3 Å². The summed E-state index contributed by atoms with van der Waals surface area (Å²) >= 11 is 0. The second kappa shape index (κ2) is 8.10. The molecule has 0 aliphatic rings. The standard InChI is InChI=1S/C19H18F3N3O2/c1-2-14(26)9-15-12(10-23)6-7-16(25-18(24)27)17(15)11-4-3-5-13(8-11)19(20,21)22/h3-8,14,26H,2,9H2,1H3,(H3,24,25,27). The number of nitrogens with zero attached hydrogens (tertiary/aromatic N) is 1. The Kier molecular flexibility index (Phi) is 6.08. The van der Waals surface area contributed by atoms with Gasteiger partial charge in [-0.05, 0) is 41.8 Å². The van der Waals surface area contributed by atoms with Crippen molar-refractivity contribution in [3.8, 4) is 17.2 Å². The molecule has 27 heavy (non-hydrogen) atoms. The van der Waals surface area contributed by atoms with Crippen LogP contribution in [0.2, 0.25) is 0 Å². The molecular formula is C19H18F3N3O2. The van der Waals surface area contributed by atoms with Gasteiger partial charge in [0.25, 0.3) is 0 Å². The summed E-state index contributed by atoms with van der Waals surface area (Å²) in [6.45, 7) is 1.74. The number of urea groups is 1. The van der Waals surface area contributed by atoms with Crippen molar-refractivity contribution in [3.05, 3.63) is 53.1 Å². The van der Waals surface area contributed by atoms with E-state index in [0.29, 0.717) is 12.0 Å². The van der Waals surface area contributed by atoms with E-state index < -0.39 is 23.9 Å². The molecule has 0 bridgehead atoms. The van der Waals surface area contributed by atoms with Crippen molar-refractivity contribution in [1.29, 1.82) is 5.26 Å². The zero-order chi connectivity index (χ0) is 20.2. The fourth-order valence-electron chi connectivity index (χ4n) is 2.76. The van der Waals surface area contributed by atoms with Crippen LogP contribution in [0.3, 0.4) is 0 Å². The van der Waals surface area contributed by atoms with Gasteiger partial charge in [-0.1, -0.05) is 19.1 Å². The Balaban J connectivity index is 2.77. The van der Waals surface area contributed by atoms with E-state index in [1.807, 2.05) is 6.07 Å². The SMILES string of the molecule is CCC(O)Cc1c(C#N)ccc(NC(N)=O)c1-c1cccc(C(F)(F)F)c1. The molecule has 8 heteroatoms. The maximum Gasteiger partial charge on any atom is 0.416 e. The quantitative estimate of drug-likeness (QED) is 0.733. The van der Waals surface area contributed by atoms with Crippen molar-refractivity contribution in [2.24, 2.45) is 5.73 Å². The van der Waals surface area contributed by atoms with E-state index in [1.165, 1.54) is 24.3 Å². The first-order valence-electron chi connectivity index (χ1n) is 8.15. The Hall–Kier alpha value is -3.05. The largest absolute Gasteiger partial charge is 0.416 e. The van der Waals surface area contributed by atoms with Gasteiger partial charge in [-0.3, -0.25) is 0 Å². The van der Waals surface area contributed by atoms with Crippen LogP contribution in [0.1, 0.15) is 30.0 Å². The molecule has 0 radical (unpaired) electrons. The molecule has 4 N–H and O–H groups in total. The summed E-state index contributed by atoms with van der Waals surface area (Å²) in [5, 5.41) is 21.8. The van der Waals surface area contributed by atoms with Crippen molar-refractivity contribution >= 4 is 11.7 Å². The monoisotopic (exact) mass is 377 g/mol. The lowest BCUT2D eigenvalue weighted by Crippen LogP contribution is -2.21. The number of halogens is 3. The number of alkyl halides is 3. The predicted octanol–water partition coefficient (Wildman–Crippen LogP) is 4.05. The Morgan fingerprint density at radius 3 is 2.59 bits per heavy atom. The van der Waals surface area contributed by atoms with Gasteiger partial charge >= 0.3 is 12.2 Å². The van der Waals surface area contributed by atoms with Gasteiger partial charge < -0.3 is 16.2 Å². The van der Waals surface area contributed by atoms with E-state index in [4.69, 9.17) is 5.73 Å². The first-order valence-corrected chi connectivity index (χ1v) is 8.15. The number of nitrogens with one attached hydrogen (secondary N) is 1. The van der Waals surface area contributed by atoms with Crippen molar-refractivity contribution in [2.45, 2.75) is 32.0 Å². The van der Waals surface area contributed by atoms with E-state index in [1.54, 1.807) is 6.92 Å². The molecular weight excluding hydrogens is 359 g/mol. The second-order valence-electron chi connectivity index (χ2n) is 5.96. The van der Waals surface area contributed by atoms with Crippen molar-refractivity contribution < 1.29 is 23.1 Å². The summed E-state index contributed by atoms with van der Waals surface area (Å²) in [6, 6.07) is 8.47. The highest BCUT2D eigenvalue weighted by Gasteiger charge is 2.31. The van der Waals surface area contributed by atoms with Crippen LogP contribution in [0.4, 0.5) is 23.7 Å². The highest BCUT2D eigenvalue weighted by molar-refractivity contribution is 5.95. The molecule has 0 aliphatic heterocycles. The molecule has 2 aromatic rings. The Labute approximate surface area is 154 Å². The first kappa shape index (κ1) is 20.3. The van der Waals surface area contributed by atoms with Gasteiger partial charge in [-0.2, -0.15) is 18.4 Å². The Morgan fingerprint density at radius 2 is 2.04 bits per heavy atom. The average Bonchev–Trinajstić information content (AvgIpc) is 2.60. The van der Waals surface area contributed by atoms with Gasteiger partial charge in [0.1, 0.15) is 0 Å². The van der Waals surface area contributed by atoms with Crippen LogP contribution in [-0.4, -0.2) is 17.2 Å². The lowest BCUT2D eigenvalue weighted by Gasteiger charge is -2.19. The molecule has 1 unspecified atom stereocenters. The van der Waals surface area contributed by atoms with Crippen LogP contribution in [0.25, 0.3) is 11.1 Å². The lowest BCUT2D eigenvalue weighted by molar-refractivity contribution is -0.137. The first-order chi connectivity index (χ1) is 12.7. The lowest BCUT2D eigenvalue weighted by atomic mass is 9.89. The normalized spacial score (nSPS) is 12.3. The number of benzene rings is 2. The van der Waals surface area contributed by atoms with Crippen molar-refractivity contribution in [1.82, 2.24) is 0 Å². The number of carbonyl (C=O) groups is 1. The van der Waals surface area contributed by atoms with Gasteiger partial charge in [0.15, 0.2) is 0 Å². The van der Waals surface area contributed by atoms with Crippen molar-refractivity contribution in [3.63, 3.8) is 0 Å². The fourth-order valence-corrected chi connectivity index (χ4v) is 2.76. The Morgan fingerprint density at radius 1 is 1.33 bits per heavy atom. The fraction of sp³-hybridized carbons (Fsp3) is 0.263. The maximum atomic E-state index is 13.1. The van der Waals surface area contributed by atoms with Gasteiger partial charge in [0.05, 0.1) is 29.0 Å². The number of aliphatic hydroxyl groups excluding tert-OH is 1. The third-order valence-corrected chi connectivity index (χ3v) is 4.08. The molecule has 2 amide bonds. The number of rotatable bonds is 5. The summed E-state index contributed by atoms with van der Waals surface area (Å²) in [5.41, 5.74) is 5.40. The zero-order valence-corrected chi connectivity index (χ0v) is 14.5. The molecule has 0 spiro atoms. The van der Waals surface area contributed by atoms with E-state index >= 15 is 0 Å². The number of anilines is 1. The van der Waals surface area contributed by atoms with Crippen LogP contribution < -0.4 is 11.1 Å². The number of aliphatic hydroxyl groups is 1. The molecule has 2 aromatic carbocycles. The maximum absolute atomic E-state index is 13.1. The number of nitrogens with two attached hydrogens (primary N) is 1. The second-order valence-corrected chi connectivity index (χ2v) is 5.96. The molecule has 1 atom stereocenters. The highest BCUT2D eigenvalue weighted by Crippen LogP contribution is 2.38. The summed E-state index contributed by atoms with van der Waals surface area (Å²) < 4.78 is 39.4. The molecule has 5 nitrogen and oxygen atoms in total. The third kappa shape index (κ3) is 4.77. The van der Waals surface area contributed by atoms with Gasteiger partial charge in [0.2, 0.25) is 0 Å². The third-order valence-electron chi connectivity index (χ3n) is 4.08. The molecule has 0 aromatic heterocycles. The Bertz CT molecular complexity index is 889. The summed E-state index contributed by atoms with van der Waals surface area (Å²) in [5.74, 6) is 0. The minimum absolute atomic E-state index is 0.0409. The number of amides is 2. The van der Waals surface area contributed by atoms with Crippen LogP contribution in [-0.2, 0) is 12.6 Å². The summed E-state index contributed by atoms with van der Waals surface area (Å²) in [7, 11) is 0. The van der Waals surface area contributed by atoms with Crippen LogP contribution in [0.15, 0.2) is 36.4 Å². The topological polar surface area (TPSA) is 99.1 Å². The zero-order valence-electron chi connectivity index (χ0n) is 14.5. The molecule has 0 fully saturated rings. The molecule has 142 valence electrons.